The van der Waals surface area contributed by atoms with Crippen LogP contribution in [0.25, 0.3) is 11.5 Å². The van der Waals surface area contributed by atoms with Crippen molar-refractivity contribution < 1.29 is 9.15 Å². The molecule has 1 saturated carbocycles. The molecule has 1 aliphatic carbocycles. The van der Waals surface area contributed by atoms with Crippen molar-refractivity contribution in [1.82, 2.24) is 25.1 Å². The summed E-state index contributed by atoms with van der Waals surface area (Å²) >= 11 is 1.47. The number of rotatable bonds is 6. The molecule has 2 aromatic heterocycles. The second-order valence-corrected chi connectivity index (χ2v) is 8.29. The lowest BCUT2D eigenvalue weighted by Gasteiger charge is -2.20. The number of hydrogen-bond donors (Lipinski definition) is 1. The van der Waals surface area contributed by atoms with Gasteiger partial charge in [0.15, 0.2) is 5.82 Å². The van der Waals surface area contributed by atoms with E-state index < -0.39 is 0 Å². The second kappa shape index (κ2) is 8.22. The molecule has 0 aliphatic heterocycles. The summed E-state index contributed by atoms with van der Waals surface area (Å²) in [6, 6.07) is 7.50. The molecule has 4 rings (SSSR count). The van der Waals surface area contributed by atoms with E-state index in [2.05, 4.69) is 20.4 Å². The third-order valence-corrected chi connectivity index (χ3v) is 6.11. The van der Waals surface area contributed by atoms with Gasteiger partial charge in [0.2, 0.25) is 16.9 Å². The monoisotopic (exact) mass is 400 g/mol. The molecular formula is C19H24N6O2S. The Kier molecular flexibility index (Phi) is 5.52. The number of nitrogens with zero attached hydrogens (tertiary/aromatic N) is 5. The number of methoxy groups -OCH3 is 1. The lowest BCUT2D eigenvalue weighted by Crippen LogP contribution is -2.18. The smallest absolute Gasteiger partial charge is 0.247 e. The van der Waals surface area contributed by atoms with Crippen LogP contribution in [0.5, 0.6) is 5.75 Å². The Morgan fingerprint density at radius 1 is 1.11 bits per heavy atom. The topological polar surface area (TPSA) is 105 Å². The van der Waals surface area contributed by atoms with E-state index in [4.69, 9.17) is 15.0 Å². The molecule has 0 radical (unpaired) electrons. The molecule has 1 aromatic carbocycles. The maximum Gasteiger partial charge on any atom is 0.247 e. The third kappa shape index (κ3) is 3.84. The molecule has 0 amide bonds. The van der Waals surface area contributed by atoms with Gasteiger partial charge in [0.1, 0.15) is 5.75 Å². The molecular weight excluding hydrogens is 376 g/mol. The number of thioether (sulfide) groups is 1. The minimum Gasteiger partial charge on any atom is -0.497 e. The first-order valence-corrected chi connectivity index (χ1v) is 10.4. The Labute approximate surface area is 167 Å². The van der Waals surface area contributed by atoms with Gasteiger partial charge in [-0.3, -0.25) is 0 Å². The molecule has 0 spiro atoms. The molecule has 2 heterocycles. The summed E-state index contributed by atoms with van der Waals surface area (Å²) in [5.41, 5.74) is 0.846. The number of nitrogens with two attached hydrogens (primary N) is 1. The van der Waals surface area contributed by atoms with Crippen LogP contribution < -0.4 is 10.6 Å². The SMILES string of the molecule is COc1ccc(-c2nnc(C(C)Sc3nnc(C4CCCCC4)n3N)o2)cc1. The van der Waals surface area contributed by atoms with Crippen LogP contribution in [0.3, 0.4) is 0 Å². The molecule has 9 heteroatoms. The number of nitrogen functional groups attached to an aromatic ring is 1. The predicted molar refractivity (Wildman–Crippen MR) is 107 cm³/mol. The molecule has 1 unspecified atom stereocenters. The van der Waals surface area contributed by atoms with E-state index in [0.29, 0.717) is 22.9 Å². The Balaban J connectivity index is 1.46. The highest BCUT2D eigenvalue weighted by atomic mass is 32.2. The van der Waals surface area contributed by atoms with Gasteiger partial charge in [-0.2, -0.15) is 0 Å². The van der Waals surface area contributed by atoms with Crippen molar-refractivity contribution in [2.45, 2.75) is 55.4 Å². The van der Waals surface area contributed by atoms with Gasteiger partial charge in [-0.1, -0.05) is 31.0 Å². The zero-order valence-corrected chi connectivity index (χ0v) is 16.9. The zero-order chi connectivity index (χ0) is 19.5. The fourth-order valence-corrected chi connectivity index (χ4v) is 4.27. The van der Waals surface area contributed by atoms with Crippen LogP contribution in [0.15, 0.2) is 33.8 Å². The fraction of sp³-hybridized carbons (Fsp3) is 0.474. The zero-order valence-electron chi connectivity index (χ0n) is 16.0. The first-order chi connectivity index (χ1) is 13.7. The van der Waals surface area contributed by atoms with Crippen LogP contribution in [-0.4, -0.2) is 32.2 Å². The van der Waals surface area contributed by atoms with Crippen LogP contribution in [0.2, 0.25) is 0 Å². The summed E-state index contributed by atoms with van der Waals surface area (Å²) in [5, 5.41) is 17.6. The minimum atomic E-state index is -0.0924. The van der Waals surface area contributed by atoms with Crippen LogP contribution in [0.4, 0.5) is 0 Å². The minimum absolute atomic E-state index is 0.0924. The number of hydrogen-bond acceptors (Lipinski definition) is 8. The van der Waals surface area contributed by atoms with Crippen molar-refractivity contribution in [1.29, 1.82) is 0 Å². The molecule has 3 aromatic rings. The van der Waals surface area contributed by atoms with Gasteiger partial charge in [-0.05, 0) is 44.0 Å². The Hall–Kier alpha value is -2.55. The van der Waals surface area contributed by atoms with E-state index in [0.717, 1.165) is 30.0 Å². The third-order valence-electron chi connectivity index (χ3n) is 5.07. The number of aromatic nitrogens is 5. The molecule has 0 saturated heterocycles. The largest absolute Gasteiger partial charge is 0.497 e. The van der Waals surface area contributed by atoms with Gasteiger partial charge in [-0.25, -0.2) is 4.68 Å². The summed E-state index contributed by atoms with van der Waals surface area (Å²) in [6.45, 7) is 1.99. The van der Waals surface area contributed by atoms with Gasteiger partial charge in [-0.15, -0.1) is 20.4 Å². The van der Waals surface area contributed by atoms with Crippen LogP contribution in [-0.2, 0) is 0 Å². The Morgan fingerprint density at radius 3 is 2.57 bits per heavy atom. The fourth-order valence-electron chi connectivity index (χ4n) is 3.47. The molecule has 0 bridgehead atoms. The molecule has 1 aliphatic rings. The van der Waals surface area contributed by atoms with Crippen molar-refractivity contribution in [2.24, 2.45) is 0 Å². The van der Waals surface area contributed by atoms with Crippen LogP contribution in [0.1, 0.15) is 61.9 Å². The molecule has 1 atom stereocenters. The highest BCUT2D eigenvalue weighted by Crippen LogP contribution is 2.36. The average molecular weight is 401 g/mol. The van der Waals surface area contributed by atoms with Gasteiger partial charge in [0.05, 0.1) is 12.4 Å². The summed E-state index contributed by atoms with van der Waals surface area (Å²) in [7, 11) is 1.63. The second-order valence-electron chi connectivity index (χ2n) is 6.98. The maximum absolute atomic E-state index is 6.28. The van der Waals surface area contributed by atoms with Crippen molar-refractivity contribution in [3.05, 3.63) is 36.0 Å². The van der Waals surface area contributed by atoms with E-state index in [1.165, 1.54) is 31.0 Å². The molecule has 28 heavy (non-hydrogen) atoms. The van der Waals surface area contributed by atoms with Crippen molar-refractivity contribution >= 4 is 11.8 Å². The normalized spacial score (nSPS) is 16.2. The highest BCUT2D eigenvalue weighted by molar-refractivity contribution is 7.99. The first-order valence-electron chi connectivity index (χ1n) is 9.50. The van der Waals surface area contributed by atoms with Crippen molar-refractivity contribution in [3.63, 3.8) is 0 Å². The maximum atomic E-state index is 6.28. The summed E-state index contributed by atoms with van der Waals surface area (Å²) in [5.74, 6) is 9.34. The van der Waals surface area contributed by atoms with E-state index in [-0.39, 0.29) is 5.25 Å². The molecule has 148 valence electrons. The van der Waals surface area contributed by atoms with Gasteiger partial charge in [0.25, 0.3) is 0 Å². The van der Waals surface area contributed by atoms with E-state index in [1.807, 2.05) is 31.2 Å². The number of ether oxygens (including phenoxy) is 1. The summed E-state index contributed by atoms with van der Waals surface area (Å²) in [6.07, 6.45) is 6.01. The average Bonchev–Trinajstić information content (AvgIpc) is 3.37. The van der Waals surface area contributed by atoms with Crippen molar-refractivity contribution in [3.8, 4) is 17.2 Å². The summed E-state index contributed by atoms with van der Waals surface area (Å²) < 4.78 is 12.7. The van der Waals surface area contributed by atoms with Gasteiger partial charge < -0.3 is 15.0 Å². The van der Waals surface area contributed by atoms with E-state index >= 15 is 0 Å². The van der Waals surface area contributed by atoms with Gasteiger partial charge in [0, 0.05) is 11.5 Å². The predicted octanol–water partition coefficient (Wildman–Crippen LogP) is 3.95. The quantitative estimate of drug-likeness (QED) is 0.490. The standard InChI is InChI=1S/C19H24N6O2S/c1-12(17-22-23-18(27-17)14-8-10-15(26-2)11-9-14)28-19-24-21-16(25(19)20)13-6-4-3-5-7-13/h8-13H,3-7,20H2,1-2H3. The van der Waals surface area contributed by atoms with Crippen LogP contribution in [0, 0.1) is 0 Å². The Bertz CT molecular complexity index is 917. The van der Waals surface area contributed by atoms with Gasteiger partial charge >= 0.3 is 0 Å². The van der Waals surface area contributed by atoms with E-state index in [1.54, 1.807) is 11.8 Å². The number of benzene rings is 1. The lowest BCUT2D eigenvalue weighted by atomic mass is 9.89. The highest BCUT2D eigenvalue weighted by Gasteiger charge is 2.25. The molecule has 1 fully saturated rings. The van der Waals surface area contributed by atoms with Crippen molar-refractivity contribution in [2.75, 3.05) is 13.0 Å². The molecule has 2 N–H and O–H groups in total. The Morgan fingerprint density at radius 2 is 1.86 bits per heavy atom. The van der Waals surface area contributed by atoms with Crippen LogP contribution >= 0.6 is 11.8 Å². The molecule has 8 nitrogen and oxygen atoms in total. The summed E-state index contributed by atoms with van der Waals surface area (Å²) in [4.78, 5) is 0. The van der Waals surface area contributed by atoms with E-state index in [9.17, 15) is 0 Å². The first kappa shape index (κ1) is 18.8. The lowest BCUT2D eigenvalue weighted by molar-refractivity contribution is 0.415.